The fourth-order valence-corrected chi connectivity index (χ4v) is 7.19. The van der Waals surface area contributed by atoms with E-state index in [0.29, 0.717) is 74.5 Å². The minimum absolute atomic E-state index is 0.00447. The summed E-state index contributed by atoms with van der Waals surface area (Å²) in [6, 6.07) is 10.4. The van der Waals surface area contributed by atoms with Gasteiger partial charge >= 0.3 is 6.18 Å². The summed E-state index contributed by atoms with van der Waals surface area (Å²) in [7, 11) is 0. The minimum atomic E-state index is -4.68. The highest BCUT2D eigenvalue weighted by atomic mass is 19.4. The number of carbonyl (C=O) groups is 1. The number of benzene rings is 1. The second-order valence-electron chi connectivity index (χ2n) is 11.6. The van der Waals surface area contributed by atoms with Crippen LogP contribution in [0.4, 0.5) is 23.2 Å². The lowest BCUT2D eigenvalue weighted by atomic mass is 9.62. The topological polar surface area (TPSA) is 70.6 Å². The van der Waals surface area contributed by atoms with Crippen LogP contribution in [0.15, 0.2) is 48.7 Å². The van der Waals surface area contributed by atoms with Gasteiger partial charge in [-0.3, -0.25) is 4.79 Å². The molecule has 1 aromatic carbocycles. The maximum absolute atomic E-state index is 14.1. The quantitative estimate of drug-likeness (QED) is 0.368. The summed E-state index contributed by atoms with van der Waals surface area (Å²) in [5, 5.41) is 3.36. The van der Waals surface area contributed by atoms with Crippen LogP contribution in [-0.4, -0.2) is 66.1 Å². The highest BCUT2D eigenvalue weighted by Gasteiger charge is 2.52. The molecule has 3 aliphatic rings. The minimum Gasteiger partial charge on any atom is -0.477 e. The van der Waals surface area contributed by atoms with Crippen LogP contribution in [-0.2, 0) is 11.6 Å². The number of rotatable bonds is 6. The van der Waals surface area contributed by atoms with Crippen LogP contribution in [0, 0.1) is 11.7 Å². The first-order valence-corrected chi connectivity index (χ1v) is 14.9. The number of piperidine rings is 1. The molecule has 7 nitrogen and oxygen atoms in total. The van der Waals surface area contributed by atoms with Gasteiger partial charge in [0, 0.05) is 49.5 Å². The molecule has 6 rings (SSSR count). The third-order valence-corrected chi connectivity index (χ3v) is 9.30. The first-order chi connectivity index (χ1) is 20.7. The Labute approximate surface area is 248 Å². The predicted octanol–water partition coefficient (Wildman–Crippen LogP) is 5.69. The number of hydrogen-bond acceptors (Lipinski definition) is 6. The lowest BCUT2D eigenvalue weighted by molar-refractivity contribution is -0.137. The van der Waals surface area contributed by atoms with Gasteiger partial charge in [-0.2, -0.15) is 13.2 Å². The maximum Gasteiger partial charge on any atom is 0.418 e. The second-order valence-corrected chi connectivity index (χ2v) is 11.6. The molecule has 0 radical (unpaired) electrons. The van der Waals surface area contributed by atoms with Gasteiger partial charge in [0.25, 0.3) is 5.91 Å². The Morgan fingerprint density at radius 3 is 2.72 bits per heavy atom. The molecule has 0 aliphatic carbocycles. The van der Waals surface area contributed by atoms with Gasteiger partial charge in [-0.05, 0) is 74.2 Å². The van der Waals surface area contributed by atoms with Crippen molar-refractivity contribution in [1.29, 1.82) is 0 Å². The number of hydrogen-bond donors (Lipinski definition) is 1. The molecule has 1 amide bonds. The predicted molar refractivity (Wildman–Crippen MR) is 155 cm³/mol. The molecule has 3 aromatic rings. The Morgan fingerprint density at radius 2 is 2.00 bits per heavy atom. The van der Waals surface area contributed by atoms with E-state index in [1.807, 2.05) is 36.9 Å². The number of anilines is 1. The summed E-state index contributed by atoms with van der Waals surface area (Å²) in [5.74, 6) is -0.693. The Morgan fingerprint density at radius 1 is 1.16 bits per heavy atom. The Balaban J connectivity index is 1.43. The highest BCUT2D eigenvalue weighted by Crippen LogP contribution is 2.49. The SMILES string of the molecule is CCOc1ncccc1-c1ccc2c(n1)C(=O)N(C1CCNC1)CC21CCN(c2ccc(F)cc2C(F)(F)F)CC1CC. The molecule has 0 bridgehead atoms. The number of ether oxygens (including phenoxy) is 1. The number of aromatic nitrogens is 2. The molecular formula is C32H35F4N5O2. The van der Waals surface area contributed by atoms with Crippen LogP contribution in [0.2, 0.25) is 0 Å². The molecule has 11 heteroatoms. The monoisotopic (exact) mass is 597 g/mol. The maximum atomic E-state index is 14.1. The van der Waals surface area contributed by atoms with Gasteiger partial charge in [0.1, 0.15) is 11.5 Å². The Bertz CT molecular complexity index is 1510. The number of alkyl halides is 3. The fraction of sp³-hybridized carbons (Fsp3) is 0.469. The highest BCUT2D eigenvalue weighted by molar-refractivity contribution is 5.96. The van der Waals surface area contributed by atoms with E-state index in [2.05, 4.69) is 10.3 Å². The number of fused-ring (bicyclic) bond motifs is 2. The third-order valence-electron chi connectivity index (χ3n) is 9.30. The lowest BCUT2D eigenvalue weighted by Gasteiger charge is -2.54. The van der Waals surface area contributed by atoms with Gasteiger partial charge < -0.3 is 19.9 Å². The van der Waals surface area contributed by atoms with E-state index in [1.165, 1.54) is 6.07 Å². The van der Waals surface area contributed by atoms with Gasteiger partial charge in [0.05, 0.1) is 23.4 Å². The number of nitrogens with zero attached hydrogens (tertiary/aromatic N) is 4. The van der Waals surface area contributed by atoms with E-state index < -0.39 is 23.0 Å². The van der Waals surface area contributed by atoms with Crippen LogP contribution in [0.1, 0.15) is 54.7 Å². The molecule has 0 saturated carbocycles. The molecule has 228 valence electrons. The number of pyridine rings is 2. The molecule has 3 unspecified atom stereocenters. The zero-order chi connectivity index (χ0) is 30.4. The molecule has 1 N–H and O–H groups in total. The van der Waals surface area contributed by atoms with Crippen LogP contribution in [0.3, 0.4) is 0 Å². The van der Waals surface area contributed by atoms with Crippen molar-refractivity contribution in [1.82, 2.24) is 20.2 Å². The van der Waals surface area contributed by atoms with Gasteiger partial charge in [0.2, 0.25) is 5.88 Å². The average Bonchev–Trinajstić information content (AvgIpc) is 3.54. The normalized spacial score (nSPS) is 24.0. The van der Waals surface area contributed by atoms with Crippen molar-refractivity contribution in [3.63, 3.8) is 0 Å². The van der Waals surface area contributed by atoms with E-state index >= 15 is 0 Å². The van der Waals surface area contributed by atoms with Crippen molar-refractivity contribution in [3.8, 4) is 17.1 Å². The molecular weight excluding hydrogens is 562 g/mol. The average molecular weight is 598 g/mol. The summed E-state index contributed by atoms with van der Waals surface area (Å²) in [5.41, 5.74) is 1.00. The smallest absolute Gasteiger partial charge is 0.418 e. The van der Waals surface area contributed by atoms with Crippen LogP contribution >= 0.6 is 0 Å². The summed E-state index contributed by atoms with van der Waals surface area (Å²) in [4.78, 5) is 27.1. The van der Waals surface area contributed by atoms with E-state index in [1.54, 1.807) is 17.2 Å². The van der Waals surface area contributed by atoms with Crippen molar-refractivity contribution in [2.75, 3.05) is 44.2 Å². The number of amides is 1. The molecule has 3 atom stereocenters. The van der Waals surface area contributed by atoms with Gasteiger partial charge in [-0.15, -0.1) is 0 Å². The van der Waals surface area contributed by atoms with Crippen molar-refractivity contribution in [2.45, 2.75) is 50.7 Å². The first-order valence-electron chi connectivity index (χ1n) is 14.9. The molecule has 5 heterocycles. The van der Waals surface area contributed by atoms with Crippen molar-refractivity contribution in [3.05, 3.63) is 71.3 Å². The van der Waals surface area contributed by atoms with E-state index in [9.17, 15) is 22.4 Å². The zero-order valence-electron chi connectivity index (χ0n) is 24.3. The van der Waals surface area contributed by atoms with Crippen LogP contribution < -0.4 is 15.0 Å². The molecule has 2 saturated heterocycles. The van der Waals surface area contributed by atoms with Crippen LogP contribution in [0.25, 0.3) is 11.3 Å². The Kier molecular flexibility index (Phi) is 7.78. The largest absolute Gasteiger partial charge is 0.477 e. The third kappa shape index (κ3) is 5.21. The van der Waals surface area contributed by atoms with E-state index in [0.717, 1.165) is 24.6 Å². The summed E-state index contributed by atoms with van der Waals surface area (Å²) in [6.45, 7) is 6.98. The Hall–Kier alpha value is -3.73. The van der Waals surface area contributed by atoms with E-state index in [4.69, 9.17) is 9.72 Å². The van der Waals surface area contributed by atoms with Crippen molar-refractivity contribution < 1.29 is 27.1 Å². The number of nitrogens with one attached hydrogen (secondary N) is 1. The molecule has 1 spiro atoms. The first kappa shape index (κ1) is 29.3. The molecule has 43 heavy (non-hydrogen) atoms. The summed E-state index contributed by atoms with van der Waals surface area (Å²) < 4.78 is 61.5. The number of halogens is 4. The number of carbonyl (C=O) groups excluding carboxylic acids is 1. The summed E-state index contributed by atoms with van der Waals surface area (Å²) in [6.07, 6.45) is -1.01. The lowest BCUT2D eigenvalue weighted by Crippen LogP contribution is -2.61. The van der Waals surface area contributed by atoms with Crippen molar-refractivity contribution >= 4 is 11.6 Å². The summed E-state index contributed by atoms with van der Waals surface area (Å²) >= 11 is 0. The standard InChI is InChI=1S/C32H35F4N5O2/c1-3-20-18-40(27-10-7-21(33)16-25(27)32(34,35)36)15-12-31(20)19-41(22-11-14-37-17-22)30(42)28-24(31)8-9-26(39-28)23-6-5-13-38-29(23)43-4-2/h5-10,13,16,20,22,37H,3-4,11-12,14-15,17-19H2,1-2H3. The molecule has 2 aromatic heterocycles. The molecule has 2 fully saturated rings. The van der Waals surface area contributed by atoms with Crippen LogP contribution in [0.5, 0.6) is 5.88 Å². The molecule has 3 aliphatic heterocycles. The van der Waals surface area contributed by atoms with Crippen molar-refractivity contribution in [2.24, 2.45) is 5.92 Å². The second kappa shape index (κ2) is 11.4. The van der Waals surface area contributed by atoms with Gasteiger partial charge in [0.15, 0.2) is 0 Å². The fourth-order valence-electron chi connectivity index (χ4n) is 7.19. The van der Waals surface area contributed by atoms with Gasteiger partial charge in [-0.1, -0.05) is 19.4 Å². The zero-order valence-corrected chi connectivity index (χ0v) is 24.3. The van der Waals surface area contributed by atoms with E-state index in [-0.39, 0.29) is 23.6 Å². The van der Waals surface area contributed by atoms with Gasteiger partial charge in [-0.25, -0.2) is 14.4 Å².